The van der Waals surface area contributed by atoms with Crippen LogP contribution in [-0.4, -0.2) is 51.3 Å². The lowest BCUT2D eigenvalue weighted by Crippen LogP contribution is -2.65. The fourth-order valence-electron chi connectivity index (χ4n) is 5.80. The van der Waals surface area contributed by atoms with Gasteiger partial charge in [0.2, 0.25) is 5.72 Å². The first kappa shape index (κ1) is 19.2. The second kappa shape index (κ2) is 7.50. The lowest BCUT2D eigenvalue weighted by Gasteiger charge is -2.46. The Morgan fingerprint density at radius 2 is 1.52 bits per heavy atom. The molecule has 4 aliphatic rings. The van der Waals surface area contributed by atoms with Crippen LogP contribution in [0.4, 0.5) is 4.79 Å². The molecule has 29 heavy (non-hydrogen) atoms. The molecule has 2 amide bonds. The van der Waals surface area contributed by atoms with E-state index in [1.165, 1.54) is 12.8 Å². The van der Waals surface area contributed by atoms with Crippen LogP contribution >= 0.6 is 11.6 Å². The summed E-state index contributed by atoms with van der Waals surface area (Å²) in [7, 11) is 0. The molecule has 5 rings (SSSR count). The Hall–Kier alpha value is -1.75. The van der Waals surface area contributed by atoms with Crippen LogP contribution in [-0.2, 0) is 0 Å². The van der Waals surface area contributed by atoms with Crippen molar-refractivity contribution in [2.75, 3.05) is 6.54 Å². The number of benzene rings is 1. The van der Waals surface area contributed by atoms with Gasteiger partial charge >= 0.3 is 6.03 Å². The SMILES string of the molecule is O=C1c2ccccc2O[C@]2(CN(C3CCCCC3)C(=O)N2C2CCCCC2)C1Cl. The molecule has 1 aromatic rings. The van der Waals surface area contributed by atoms with Crippen LogP contribution in [0.25, 0.3) is 0 Å². The highest BCUT2D eigenvalue weighted by atomic mass is 35.5. The quantitative estimate of drug-likeness (QED) is 0.639. The van der Waals surface area contributed by atoms with Crippen LogP contribution in [0, 0.1) is 0 Å². The van der Waals surface area contributed by atoms with Gasteiger partial charge in [0, 0.05) is 12.1 Å². The first-order chi connectivity index (χ1) is 14.1. The van der Waals surface area contributed by atoms with Crippen molar-refractivity contribution in [3.63, 3.8) is 0 Å². The normalized spacial score (nSPS) is 31.3. The third-order valence-corrected chi connectivity index (χ3v) is 7.82. The minimum absolute atomic E-state index is 0.0154. The number of fused-ring (bicyclic) bond motifs is 1. The van der Waals surface area contributed by atoms with Gasteiger partial charge in [0.25, 0.3) is 0 Å². The Morgan fingerprint density at radius 3 is 2.21 bits per heavy atom. The number of rotatable bonds is 2. The largest absolute Gasteiger partial charge is 0.463 e. The van der Waals surface area contributed by atoms with Crippen LogP contribution in [0.5, 0.6) is 5.75 Å². The number of carbonyl (C=O) groups excluding carboxylic acids is 2. The number of urea groups is 1. The molecule has 0 aromatic heterocycles. The average Bonchev–Trinajstić information content (AvgIpc) is 3.06. The van der Waals surface area contributed by atoms with Crippen LogP contribution in [0.15, 0.2) is 24.3 Å². The van der Waals surface area contributed by atoms with Crippen LogP contribution in [0.1, 0.15) is 74.6 Å². The minimum Gasteiger partial charge on any atom is -0.463 e. The van der Waals surface area contributed by atoms with E-state index >= 15 is 0 Å². The lowest BCUT2D eigenvalue weighted by atomic mass is 9.89. The second-order valence-electron chi connectivity index (χ2n) is 9.03. The second-order valence-corrected chi connectivity index (χ2v) is 9.47. The number of Topliss-reactive ketones (excluding diaryl/α,β-unsaturated/α-hetero) is 1. The maximum absolute atomic E-state index is 13.7. The number of amides is 2. The predicted octanol–water partition coefficient (Wildman–Crippen LogP) is 4.97. The van der Waals surface area contributed by atoms with E-state index in [0.717, 1.165) is 51.4 Å². The van der Waals surface area contributed by atoms with Gasteiger partial charge in [-0.1, -0.05) is 50.7 Å². The molecule has 3 fully saturated rings. The number of nitrogens with zero attached hydrogens (tertiary/aromatic N) is 2. The van der Waals surface area contributed by atoms with Crippen molar-refractivity contribution in [3.8, 4) is 5.75 Å². The zero-order valence-corrected chi connectivity index (χ0v) is 17.6. The maximum atomic E-state index is 13.7. The van der Waals surface area contributed by atoms with Gasteiger partial charge in [0.15, 0.2) is 11.2 Å². The molecule has 0 radical (unpaired) electrons. The zero-order valence-electron chi connectivity index (χ0n) is 16.8. The summed E-state index contributed by atoms with van der Waals surface area (Å²) in [5, 5.41) is -0.892. The van der Waals surface area contributed by atoms with Gasteiger partial charge in [-0.15, -0.1) is 11.6 Å². The molecule has 2 atom stereocenters. The summed E-state index contributed by atoms with van der Waals surface area (Å²) in [6.07, 6.45) is 10.9. The first-order valence-electron chi connectivity index (χ1n) is 11.2. The number of halogens is 1. The molecule has 5 nitrogen and oxygen atoms in total. The highest BCUT2D eigenvalue weighted by molar-refractivity contribution is 6.35. The topological polar surface area (TPSA) is 49.9 Å². The molecular weight excluding hydrogens is 388 g/mol. The van der Waals surface area contributed by atoms with Crippen molar-refractivity contribution in [2.45, 2.75) is 87.4 Å². The summed E-state index contributed by atoms with van der Waals surface area (Å²) >= 11 is 6.85. The smallest absolute Gasteiger partial charge is 0.323 e. The lowest BCUT2D eigenvalue weighted by molar-refractivity contribution is -0.0612. The minimum atomic E-state index is -1.11. The number of hydrogen-bond donors (Lipinski definition) is 0. The summed E-state index contributed by atoms with van der Waals surface area (Å²) in [4.78, 5) is 30.8. The van der Waals surface area contributed by atoms with E-state index in [2.05, 4.69) is 0 Å². The van der Waals surface area contributed by atoms with E-state index < -0.39 is 11.1 Å². The number of ether oxygens (including phenoxy) is 1. The molecular formula is C23H29ClN2O3. The molecule has 2 saturated carbocycles. The fraction of sp³-hybridized carbons (Fsp3) is 0.652. The van der Waals surface area contributed by atoms with Gasteiger partial charge in [-0.3, -0.25) is 9.69 Å². The van der Waals surface area contributed by atoms with Crippen molar-refractivity contribution in [1.29, 1.82) is 0 Å². The van der Waals surface area contributed by atoms with E-state index in [-0.39, 0.29) is 23.9 Å². The van der Waals surface area contributed by atoms with Gasteiger partial charge in [-0.25, -0.2) is 4.79 Å². The molecule has 1 saturated heterocycles. The van der Waals surface area contributed by atoms with Gasteiger partial charge in [0.05, 0.1) is 12.1 Å². The van der Waals surface area contributed by atoms with Crippen molar-refractivity contribution < 1.29 is 14.3 Å². The Bertz CT molecular complexity index is 803. The van der Waals surface area contributed by atoms with E-state index in [1.54, 1.807) is 6.07 Å². The van der Waals surface area contributed by atoms with Gasteiger partial charge in [-0.05, 0) is 37.8 Å². The van der Waals surface area contributed by atoms with Crippen molar-refractivity contribution in [2.24, 2.45) is 0 Å². The third kappa shape index (κ3) is 3.04. The Labute approximate surface area is 177 Å². The summed E-state index contributed by atoms with van der Waals surface area (Å²) in [5.74, 6) is 0.418. The molecule has 2 heterocycles. The van der Waals surface area contributed by atoms with Crippen molar-refractivity contribution in [3.05, 3.63) is 29.8 Å². The van der Waals surface area contributed by atoms with Crippen LogP contribution < -0.4 is 4.74 Å². The zero-order chi connectivity index (χ0) is 20.0. The molecule has 1 aromatic carbocycles. The third-order valence-electron chi connectivity index (χ3n) is 7.28. The Kier molecular flexibility index (Phi) is 4.97. The summed E-state index contributed by atoms with van der Waals surface area (Å²) < 4.78 is 6.53. The van der Waals surface area contributed by atoms with E-state index in [4.69, 9.17) is 16.3 Å². The maximum Gasteiger partial charge on any atom is 0.323 e. The van der Waals surface area contributed by atoms with Gasteiger partial charge < -0.3 is 9.64 Å². The van der Waals surface area contributed by atoms with Crippen LogP contribution in [0.2, 0.25) is 0 Å². The summed E-state index contributed by atoms with van der Waals surface area (Å²) in [5.41, 5.74) is -0.589. The molecule has 6 heteroatoms. The Balaban J connectivity index is 1.56. The average molecular weight is 417 g/mol. The van der Waals surface area contributed by atoms with E-state index in [9.17, 15) is 9.59 Å². The molecule has 2 aliphatic heterocycles. The number of hydrogen-bond acceptors (Lipinski definition) is 3. The fourth-order valence-corrected chi connectivity index (χ4v) is 6.13. The summed E-state index contributed by atoms with van der Waals surface area (Å²) in [6.45, 7) is 0.376. The standard InChI is InChI=1S/C23H29ClN2O3/c24-21-20(27)18-13-7-8-14-19(18)29-23(21)15-25(16-9-3-1-4-10-16)22(28)26(23)17-11-5-2-6-12-17/h7-8,13-14,16-17,21H,1-6,9-12,15H2/t21?,23-/m1/s1. The van der Waals surface area contributed by atoms with Crippen molar-refractivity contribution >= 4 is 23.4 Å². The highest BCUT2D eigenvalue weighted by Gasteiger charge is 2.63. The van der Waals surface area contributed by atoms with Gasteiger partial charge in [-0.2, -0.15) is 0 Å². The van der Waals surface area contributed by atoms with Crippen molar-refractivity contribution in [1.82, 2.24) is 9.80 Å². The molecule has 0 N–H and O–H groups in total. The number of ketones is 1. The molecule has 1 unspecified atom stereocenters. The van der Waals surface area contributed by atoms with Crippen LogP contribution in [0.3, 0.4) is 0 Å². The Morgan fingerprint density at radius 1 is 0.897 bits per heavy atom. The van der Waals surface area contributed by atoms with Gasteiger partial charge in [0.1, 0.15) is 5.75 Å². The molecule has 1 spiro atoms. The van der Waals surface area contributed by atoms with E-state index in [1.807, 2.05) is 28.0 Å². The number of para-hydroxylation sites is 1. The monoisotopic (exact) mass is 416 g/mol. The molecule has 156 valence electrons. The number of alkyl halides is 1. The predicted molar refractivity (Wildman–Crippen MR) is 111 cm³/mol. The summed E-state index contributed by atoms with van der Waals surface area (Å²) in [6, 6.07) is 7.61. The highest BCUT2D eigenvalue weighted by Crippen LogP contribution is 2.46. The van der Waals surface area contributed by atoms with E-state index in [0.29, 0.717) is 17.9 Å². The number of carbonyl (C=O) groups is 2. The molecule has 0 bridgehead atoms. The molecule has 2 aliphatic carbocycles. The first-order valence-corrected chi connectivity index (χ1v) is 11.6.